The standard InChI is InChI=1S/C8H11N3OS/c1-6(2)8-10-7(12-11-8)5-13-4-3-9/h6H,4-5H2,1-2H3. The third kappa shape index (κ3) is 3.07. The molecular formula is C8H11N3OS. The third-order valence-corrected chi connectivity index (χ3v) is 2.18. The van der Waals surface area contributed by atoms with Crippen LogP contribution in [0.2, 0.25) is 0 Å². The van der Waals surface area contributed by atoms with E-state index in [0.29, 0.717) is 23.3 Å². The fraction of sp³-hybridized carbons (Fsp3) is 0.625. The van der Waals surface area contributed by atoms with Crippen LogP contribution < -0.4 is 0 Å². The molecule has 0 unspecified atom stereocenters. The van der Waals surface area contributed by atoms with Crippen molar-refractivity contribution in [2.45, 2.75) is 25.5 Å². The number of rotatable bonds is 4. The Morgan fingerprint density at radius 1 is 1.62 bits per heavy atom. The lowest BCUT2D eigenvalue weighted by atomic mass is 10.2. The Morgan fingerprint density at radius 3 is 2.92 bits per heavy atom. The molecule has 4 nitrogen and oxygen atoms in total. The van der Waals surface area contributed by atoms with Crippen molar-refractivity contribution in [2.75, 3.05) is 5.75 Å². The van der Waals surface area contributed by atoms with Gasteiger partial charge in [-0.3, -0.25) is 0 Å². The average molecular weight is 197 g/mol. The molecule has 0 saturated carbocycles. The van der Waals surface area contributed by atoms with E-state index in [1.54, 1.807) is 0 Å². The van der Waals surface area contributed by atoms with Gasteiger partial charge in [-0.2, -0.15) is 10.2 Å². The predicted octanol–water partition coefficient (Wildman–Crippen LogP) is 1.95. The van der Waals surface area contributed by atoms with E-state index >= 15 is 0 Å². The Balaban J connectivity index is 2.45. The summed E-state index contributed by atoms with van der Waals surface area (Å²) in [5, 5.41) is 12.1. The van der Waals surface area contributed by atoms with Gasteiger partial charge in [-0.15, -0.1) is 11.8 Å². The number of aromatic nitrogens is 2. The number of hydrogen-bond acceptors (Lipinski definition) is 5. The van der Waals surface area contributed by atoms with E-state index in [0.717, 1.165) is 5.82 Å². The molecule has 0 aliphatic rings. The molecule has 0 atom stereocenters. The number of hydrogen-bond donors (Lipinski definition) is 0. The van der Waals surface area contributed by atoms with Crippen LogP contribution in [-0.4, -0.2) is 15.9 Å². The van der Waals surface area contributed by atoms with Crippen LogP contribution in [0.5, 0.6) is 0 Å². The fourth-order valence-electron chi connectivity index (χ4n) is 0.745. The lowest BCUT2D eigenvalue weighted by Gasteiger charge is -1.92. The molecule has 5 heteroatoms. The minimum absolute atomic E-state index is 0.290. The summed E-state index contributed by atoms with van der Waals surface area (Å²) in [5.41, 5.74) is 0. The van der Waals surface area contributed by atoms with Crippen LogP contribution in [-0.2, 0) is 5.75 Å². The van der Waals surface area contributed by atoms with Crippen molar-refractivity contribution < 1.29 is 4.52 Å². The normalized spacial score (nSPS) is 10.3. The summed E-state index contributed by atoms with van der Waals surface area (Å²) >= 11 is 1.47. The van der Waals surface area contributed by atoms with Crippen molar-refractivity contribution in [2.24, 2.45) is 0 Å². The quantitative estimate of drug-likeness (QED) is 0.690. The van der Waals surface area contributed by atoms with Crippen LogP contribution in [0.3, 0.4) is 0 Å². The zero-order chi connectivity index (χ0) is 9.68. The lowest BCUT2D eigenvalue weighted by Crippen LogP contribution is -1.90. The second-order valence-electron chi connectivity index (χ2n) is 2.85. The van der Waals surface area contributed by atoms with Gasteiger partial charge in [0.25, 0.3) is 0 Å². The molecule has 0 radical (unpaired) electrons. The molecule has 1 aromatic rings. The van der Waals surface area contributed by atoms with Gasteiger partial charge in [0.05, 0.1) is 17.6 Å². The molecule has 0 aliphatic carbocycles. The molecule has 13 heavy (non-hydrogen) atoms. The summed E-state index contributed by atoms with van der Waals surface area (Å²) in [7, 11) is 0. The highest BCUT2D eigenvalue weighted by atomic mass is 32.2. The number of nitriles is 1. The second-order valence-corrected chi connectivity index (χ2v) is 3.84. The highest BCUT2D eigenvalue weighted by molar-refractivity contribution is 7.98. The summed E-state index contributed by atoms with van der Waals surface area (Å²) < 4.78 is 4.98. The second kappa shape index (κ2) is 4.87. The van der Waals surface area contributed by atoms with E-state index in [1.807, 2.05) is 19.9 Å². The van der Waals surface area contributed by atoms with Gasteiger partial charge in [-0.05, 0) is 0 Å². The van der Waals surface area contributed by atoms with E-state index < -0.39 is 0 Å². The molecule has 1 rings (SSSR count). The van der Waals surface area contributed by atoms with Crippen LogP contribution in [0.15, 0.2) is 4.52 Å². The van der Waals surface area contributed by atoms with Crippen molar-refractivity contribution in [1.82, 2.24) is 10.1 Å². The number of nitrogens with zero attached hydrogens (tertiary/aromatic N) is 3. The van der Waals surface area contributed by atoms with Crippen LogP contribution in [0.25, 0.3) is 0 Å². The largest absolute Gasteiger partial charge is 0.338 e. The minimum atomic E-state index is 0.290. The summed E-state index contributed by atoms with van der Waals surface area (Å²) in [5.74, 6) is 2.70. The van der Waals surface area contributed by atoms with E-state index in [-0.39, 0.29) is 0 Å². The smallest absolute Gasteiger partial charge is 0.236 e. The molecule has 0 spiro atoms. The Bertz CT molecular complexity index is 303. The zero-order valence-corrected chi connectivity index (χ0v) is 8.47. The summed E-state index contributed by atoms with van der Waals surface area (Å²) in [6.07, 6.45) is 0. The first kappa shape index (κ1) is 10.1. The maximum absolute atomic E-state index is 8.30. The first-order valence-electron chi connectivity index (χ1n) is 4.01. The van der Waals surface area contributed by atoms with Gasteiger partial charge in [0.2, 0.25) is 5.89 Å². The van der Waals surface area contributed by atoms with Gasteiger partial charge in [-0.25, -0.2) is 0 Å². The van der Waals surface area contributed by atoms with E-state index in [1.165, 1.54) is 11.8 Å². The maximum atomic E-state index is 8.30. The highest BCUT2D eigenvalue weighted by Gasteiger charge is 2.08. The van der Waals surface area contributed by atoms with Crippen LogP contribution >= 0.6 is 11.8 Å². The number of thioether (sulfide) groups is 1. The van der Waals surface area contributed by atoms with E-state index in [2.05, 4.69) is 10.1 Å². The monoisotopic (exact) mass is 197 g/mol. The van der Waals surface area contributed by atoms with E-state index in [4.69, 9.17) is 9.78 Å². The van der Waals surface area contributed by atoms with Crippen molar-refractivity contribution in [1.29, 1.82) is 5.26 Å². The summed E-state index contributed by atoms with van der Waals surface area (Å²) in [6.45, 7) is 4.02. The Hall–Kier alpha value is -1.02. The Morgan fingerprint density at radius 2 is 2.38 bits per heavy atom. The predicted molar refractivity (Wildman–Crippen MR) is 50.2 cm³/mol. The molecule has 0 aromatic carbocycles. The Kier molecular flexibility index (Phi) is 3.77. The average Bonchev–Trinajstić information content (AvgIpc) is 2.53. The van der Waals surface area contributed by atoms with Crippen LogP contribution in [0, 0.1) is 11.3 Å². The van der Waals surface area contributed by atoms with Crippen molar-refractivity contribution in [3.8, 4) is 6.07 Å². The molecular weight excluding hydrogens is 186 g/mol. The van der Waals surface area contributed by atoms with Gasteiger partial charge in [-0.1, -0.05) is 19.0 Å². The van der Waals surface area contributed by atoms with Gasteiger partial charge < -0.3 is 4.52 Å². The lowest BCUT2D eigenvalue weighted by molar-refractivity contribution is 0.383. The molecule has 0 amide bonds. The van der Waals surface area contributed by atoms with Crippen molar-refractivity contribution >= 4 is 11.8 Å². The van der Waals surface area contributed by atoms with Crippen molar-refractivity contribution in [3.05, 3.63) is 11.7 Å². The fourth-order valence-corrected chi connectivity index (χ4v) is 1.23. The molecule has 1 heterocycles. The third-order valence-electron chi connectivity index (χ3n) is 1.39. The first-order valence-corrected chi connectivity index (χ1v) is 5.16. The molecule has 0 fully saturated rings. The van der Waals surface area contributed by atoms with E-state index in [9.17, 15) is 0 Å². The summed E-state index contributed by atoms with van der Waals surface area (Å²) in [4.78, 5) is 4.17. The zero-order valence-electron chi connectivity index (χ0n) is 7.65. The molecule has 0 N–H and O–H groups in total. The summed E-state index contributed by atoms with van der Waals surface area (Å²) in [6, 6.07) is 2.04. The van der Waals surface area contributed by atoms with Gasteiger partial charge in [0.15, 0.2) is 5.82 Å². The Labute approximate surface area is 81.3 Å². The molecule has 0 saturated heterocycles. The topological polar surface area (TPSA) is 62.7 Å². The highest BCUT2D eigenvalue weighted by Crippen LogP contribution is 2.13. The molecule has 0 bridgehead atoms. The molecule has 0 aliphatic heterocycles. The van der Waals surface area contributed by atoms with Gasteiger partial charge in [0.1, 0.15) is 0 Å². The van der Waals surface area contributed by atoms with Gasteiger partial charge >= 0.3 is 0 Å². The molecule has 70 valence electrons. The SMILES string of the molecule is CC(C)c1noc(CSCC#N)n1. The van der Waals surface area contributed by atoms with Crippen molar-refractivity contribution in [3.63, 3.8) is 0 Å². The molecule has 1 aromatic heterocycles. The minimum Gasteiger partial charge on any atom is -0.338 e. The van der Waals surface area contributed by atoms with Crippen LogP contribution in [0.4, 0.5) is 0 Å². The first-order chi connectivity index (χ1) is 6.24. The van der Waals surface area contributed by atoms with Gasteiger partial charge in [0, 0.05) is 5.92 Å². The van der Waals surface area contributed by atoms with Crippen LogP contribution in [0.1, 0.15) is 31.5 Å². The maximum Gasteiger partial charge on any atom is 0.236 e.